The summed E-state index contributed by atoms with van der Waals surface area (Å²) in [5, 5.41) is 7.17. The van der Waals surface area contributed by atoms with Gasteiger partial charge in [-0.3, -0.25) is 9.78 Å². The Kier molecular flexibility index (Phi) is 7.29. The summed E-state index contributed by atoms with van der Waals surface area (Å²) in [6, 6.07) is 24.3. The van der Waals surface area contributed by atoms with Crippen molar-refractivity contribution in [1.82, 2.24) is 19.8 Å². The molecule has 1 aliphatic rings. The lowest BCUT2D eigenvalue weighted by Gasteiger charge is -2.28. The second-order valence-corrected chi connectivity index (χ2v) is 10.4. The number of carbonyl (C=O) groups is 1. The van der Waals surface area contributed by atoms with Gasteiger partial charge in [0, 0.05) is 41.9 Å². The van der Waals surface area contributed by atoms with Crippen molar-refractivity contribution in [3.8, 4) is 5.69 Å². The van der Waals surface area contributed by atoms with Crippen molar-refractivity contribution in [3.63, 3.8) is 0 Å². The third kappa shape index (κ3) is 5.20. The maximum atomic E-state index is 12.9. The molecule has 0 saturated carbocycles. The van der Waals surface area contributed by atoms with Gasteiger partial charge < -0.3 is 20.1 Å². The Morgan fingerprint density at radius 2 is 1.74 bits per heavy atom. The second kappa shape index (κ2) is 10.8. The highest BCUT2D eigenvalue weighted by molar-refractivity contribution is 7.80. The monoisotopic (exact) mass is 523 g/mol. The standard InChI is InChI=1S/C31H33N5OS/c1-20-9-7-11-24(17-20)33-28(37)14-16-35-30(29(34-31(35)38)27-13-5-6-15-32-27)26-19-22(3)36(23(26)4)25-12-8-10-21(2)18-25/h5-13,15,17-19,29-30H,14,16H2,1-4H3,(H,33,37)(H,34,38)/t29-,30-/m0/s1. The highest BCUT2D eigenvalue weighted by atomic mass is 32.1. The molecule has 0 aliphatic carbocycles. The van der Waals surface area contributed by atoms with Crippen molar-refractivity contribution in [2.75, 3.05) is 11.9 Å². The maximum Gasteiger partial charge on any atom is 0.226 e. The average Bonchev–Trinajstić information content (AvgIpc) is 3.37. The molecule has 2 aromatic heterocycles. The van der Waals surface area contributed by atoms with Crippen LogP contribution in [0.25, 0.3) is 5.69 Å². The molecule has 0 radical (unpaired) electrons. The number of nitrogens with zero attached hydrogens (tertiary/aromatic N) is 3. The van der Waals surface area contributed by atoms with Gasteiger partial charge in [0.15, 0.2) is 5.11 Å². The van der Waals surface area contributed by atoms with E-state index >= 15 is 0 Å². The van der Waals surface area contributed by atoms with E-state index in [2.05, 4.69) is 76.2 Å². The molecule has 1 aliphatic heterocycles. The van der Waals surface area contributed by atoms with E-state index in [1.807, 2.05) is 55.6 Å². The molecule has 0 spiro atoms. The molecule has 1 saturated heterocycles. The van der Waals surface area contributed by atoms with Crippen molar-refractivity contribution in [1.29, 1.82) is 0 Å². The van der Waals surface area contributed by atoms with E-state index in [4.69, 9.17) is 12.2 Å². The summed E-state index contributed by atoms with van der Waals surface area (Å²) in [6.45, 7) is 8.91. The normalized spacial score (nSPS) is 16.9. The number of hydrogen-bond acceptors (Lipinski definition) is 3. The lowest BCUT2D eigenvalue weighted by Crippen LogP contribution is -2.32. The molecule has 194 valence electrons. The molecule has 4 aromatic rings. The number of amides is 1. The van der Waals surface area contributed by atoms with Gasteiger partial charge in [0.2, 0.25) is 5.91 Å². The van der Waals surface area contributed by atoms with Crippen molar-refractivity contribution < 1.29 is 4.79 Å². The number of aromatic nitrogens is 2. The fourth-order valence-corrected chi connectivity index (χ4v) is 5.74. The Hall–Kier alpha value is -3.97. The molecule has 3 heterocycles. The third-order valence-corrected chi connectivity index (χ3v) is 7.48. The van der Waals surface area contributed by atoms with Crippen molar-refractivity contribution in [3.05, 3.63) is 113 Å². The number of thiocarbonyl (C=S) groups is 1. The van der Waals surface area contributed by atoms with Crippen LogP contribution in [0.1, 0.15) is 52.3 Å². The Labute approximate surface area is 229 Å². The number of aryl methyl sites for hydroxylation is 3. The minimum Gasteiger partial charge on any atom is -0.352 e. The molecule has 6 nitrogen and oxygen atoms in total. The first-order valence-electron chi connectivity index (χ1n) is 12.9. The largest absolute Gasteiger partial charge is 0.352 e. The number of anilines is 1. The lowest BCUT2D eigenvalue weighted by atomic mass is 9.96. The molecular weight excluding hydrogens is 490 g/mol. The fraction of sp³-hybridized carbons (Fsp3) is 0.258. The third-order valence-electron chi connectivity index (χ3n) is 7.13. The zero-order valence-corrected chi connectivity index (χ0v) is 23.0. The summed E-state index contributed by atoms with van der Waals surface area (Å²) in [6.07, 6.45) is 2.13. The summed E-state index contributed by atoms with van der Waals surface area (Å²) in [4.78, 5) is 19.7. The minimum atomic E-state index is -0.130. The van der Waals surface area contributed by atoms with Crippen molar-refractivity contribution in [2.24, 2.45) is 0 Å². The summed E-state index contributed by atoms with van der Waals surface area (Å²) in [5.74, 6) is -0.0383. The molecule has 5 rings (SSSR count). The average molecular weight is 524 g/mol. The summed E-state index contributed by atoms with van der Waals surface area (Å²) < 4.78 is 2.29. The van der Waals surface area contributed by atoms with Crippen LogP contribution in [0.15, 0.2) is 79.0 Å². The molecule has 1 fully saturated rings. The van der Waals surface area contributed by atoms with E-state index in [1.165, 1.54) is 11.1 Å². The van der Waals surface area contributed by atoms with E-state index in [0.29, 0.717) is 18.1 Å². The smallest absolute Gasteiger partial charge is 0.226 e. The van der Waals surface area contributed by atoms with Gasteiger partial charge in [0.1, 0.15) is 0 Å². The zero-order chi connectivity index (χ0) is 26.8. The van der Waals surface area contributed by atoms with Crippen LogP contribution in [-0.4, -0.2) is 32.0 Å². The van der Waals surface area contributed by atoms with Gasteiger partial charge in [-0.1, -0.05) is 30.3 Å². The molecule has 2 N–H and O–H groups in total. The van der Waals surface area contributed by atoms with Crippen LogP contribution < -0.4 is 10.6 Å². The van der Waals surface area contributed by atoms with Crippen LogP contribution in [0.5, 0.6) is 0 Å². The highest BCUT2D eigenvalue weighted by Crippen LogP contribution is 2.41. The minimum absolute atomic E-state index is 0.0383. The van der Waals surface area contributed by atoms with Crippen LogP contribution in [0.3, 0.4) is 0 Å². The van der Waals surface area contributed by atoms with E-state index in [1.54, 1.807) is 0 Å². The van der Waals surface area contributed by atoms with Gasteiger partial charge in [-0.15, -0.1) is 0 Å². The van der Waals surface area contributed by atoms with Gasteiger partial charge in [-0.2, -0.15) is 0 Å². The number of rotatable bonds is 7. The summed E-state index contributed by atoms with van der Waals surface area (Å²) in [5.41, 5.74) is 8.67. The van der Waals surface area contributed by atoms with Gasteiger partial charge in [-0.25, -0.2) is 0 Å². The number of hydrogen-bond donors (Lipinski definition) is 2. The molecule has 2 aromatic carbocycles. The van der Waals surface area contributed by atoms with Gasteiger partial charge in [0.25, 0.3) is 0 Å². The Morgan fingerprint density at radius 3 is 2.45 bits per heavy atom. The molecule has 2 atom stereocenters. The molecule has 7 heteroatoms. The molecule has 0 unspecified atom stereocenters. The van der Waals surface area contributed by atoms with Crippen LogP contribution in [-0.2, 0) is 4.79 Å². The maximum absolute atomic E-state index is 12.9. The molecular formula is C31H33N5OS. The van der Waals surface area contributed by atoms with E-state index in [9.17, 15) is 4.79 Å². The number of nitrogens with one attached hydrogen (secondary N) is 2. The van der Waals surface area contributed by atoms with Crippen LogP contribution in [0.2, 0.25) is 0 Å². The lowest BCUT2D eigenvalue weighted by molar-refractivity contribution is -0.116. The number of pyridine rings is 1. The number of carbonyl (C=O) groups excluding carboxylic acids is 1. The summed E-state index contributed by atoms with van der Waals surface area (Å²) in [7, 11) is 0. The van der Waals surface area contributed by atoms with Crippen LogP contribution in [0, 0.1) is 27.7 Å². The summed E-state index contributed by atoms with van der Waals surface area (Å²) >= 11 is 5.84. The van der Waals surface area contributed by atoms with Gasteiger partial charge in [0.05, 0.1) is 17.8 Å². The SMILES string of the molecule is Cc1cccc(NC(=O)CCN2C(=S)N[C@@H](c3ccccn3)[C@@H]2c2cc(C)n(-c3cccc(C)c3)c2C)c1. The van der Waals surface area contributed by atoms with Crippen LogP contribution >= 0.6 is 12.2 Å². The molecule has 1 amide bonds. The van der Waals surface area contributed by atoms with Gasteiger partial charge >= 0.3 is 0 Å². The second-order valence-electron chi connectivity index (χ2n) is 9.99. The first-order chi connectivity index (χ1) is 18.3. The van der Waals surface area contributed by atoms with Gasteiger partial charge in [-0.05, 0) is 99.1 Å². The van der Waals surface area contributed by atoms with E-state index in [-0.39, 0.29) is 18.0 Å². The first kappa shape index (κ1) is 25.7. The Balaban J connectivity index is 1.47. The first-order valence-corrected chi connectivity index (χ1v) is 13.3. The molecule has 0 bridgehead atoms. The van der Waals surface area contributed by atoms with Crippen molar-refractivity contribution in [2.45, 2.75) is 46.2 Å². The van der Waals surface area contributed by atoms with E-state index in [0.717, 1.165) is 34.0 Å². The molecule has 38 heavy (non-hydrogen) atoms. The van der Waals surface area contributed by atoms with Crippen molar-refractivity contribution >= 4 is 28.9 Å². The fourth-order valence-electron chi connectivity index (χ4n) is 5.40. The van der Waals surface area contributed by atoms with E-state index < -0.39 is 0 Å². The predicted molar refractivity (Wildman–Crippen MR) is 157 cm³/mol. The topological polar surface area (TPSA) is 62.2 Å². The van der Waals surface area contributed by atoms with Crippen LogP contribution in [0.4, 0.5) is 5.69 Å². The highest BCUT2D eigenvalue weighted by Gasteiger charge is 2.41. The zero-order valence-electron chi connectivity index (χ0n) is 22.2. The Morgan fingerprint density at radius 1 is 0.974 bits per heavy atom. The predicted octanol–water partition coefficient (Wildman–Crippen LogP) is 6.11. The quantitative estimate of drug-likeness (QED) is 0.286. The Bertz CT molecular complexity index is 1480. The number of benzene rings is 2.